The zero-order valence-corrected chi connectivity index (χ0v) is 15.8. The van der Waals surface area contributed by atoms with E-state index in [9.17, 15) is 4.79 Å². The highest BCUT2D eigenvalue weighted by Gasteiger charge is 2.19. The van der Waals surface area contributed by atoms with E-state index in [1.54, 1.807) is 0 Å². The molecular weight excluding hydrogens is 350 g/mol. The third-order valence-corrected chi connectivity index (χ3v) is 4.51. The van der Waals surface area contributed by atoms with Crippen LogP contribution < -0.4 is 10.1 Å². The van der Waals surface area contributed by atoms with Crippen molar-refractivity contribution in [3.05, 3.63) is 89.9 Å². The first-order chi connectivity index (χ1) is 13.7. The Kier molecular flexibility index (Phi) is 4.81. The quantitative estimate of drug-likeness (QED) is 0.521. The van der Waals surface area contributed by atoms with Crippen molar-refractivity contribution in [1.82, 2.24) is 9.38 Å². The molecule has 0 aliphatic rings. The molecule has 2 aromatic carbocycles. The van der Waals surface area contributed by atoms with Crippen LogP contribution in [0.4, 0.5) is 5.69 Å². The SMILES string of the molecule is CCc1nc2cc(C)ccn2c1C(=O)Nc1ccccc1Oc1ccccc1. The van der Waals surface area contributed by atoms with Crippen molar-refractivity contribution in [1.29, 1.82) is 0 Å². The van der Waals surface area contributed by atoms with Crippen LogP contribution in [0.15, 0.2) is 72.9 Å². The number of para-hydroxylation sites is 3. The molecule has 1 N–H and O–H groups in total. The maximum Gasteiger partial charge on any atom is 0.274 e. The molecule has 0 bridgehead atoms. The highest BCUT2D eigenvalue weighted by Crippen LogP contribution is 2.29. The molecule has 0 fully saturated rings. The Morgan fingerprint density at radius 1 is 1.07 bits per heavy atom. The van der Waals surface area contributed by atoms with Gasteiger partial charge in [0.1, 0.15) is 17.1 Å². The monoisotopic (exact) mass is 371 g/mol. The summed E-state index contributed by atoms with van der Waals surface area (Å²) < 4.78 is 7.79. The highest BCUT2D eigenvalue weighted by atomic mass is 16.5. The van der Waals surface area contributed by atoms with Crippen molar-refractivity contribution in [2.75, 3.05) is 5.32 Å². The summed E-state index contributed by atoms with van der Waals surface area (Å²) in [6.45, 7) is 4.01. The van der Waals surface area contributed by atoms with Crippen LogP contribution >= 0.6 is 0 Å². The Hall–Kier alpha value is -3.60. The molecule has 0 atom stereocenters. The second-order valence-electron chi connectivity index (χ2n) is 6.56. The van der Waals surface area contributed by atoms with Crippen molar-refractivity contribution in [2.24, 2.45) is 0 Å². The smallest absolute Gasteiger partial charge is 0.274 e. The maximum absolute atomic E-state index is 13.1. The summed E-state index contributed by atoms with van der Waals surface area (Å²) in [5.41, 5.74) is 3.81. The van der Waals surface area contributed by atoms with Crippen molar-refractivity contribution in [2.45, 2.75) is 20.3 Å². The standard InChI is InChI=1S/C23H21N3O2/c1-3-18-22(26-14-13-16(2)15-21(26)24-18)23(27)25-19-11-7-8-12-20(19)28-17-9-5-4-6-10-17/h4-15H,3H2,1-2H3,(H,25,27). The van der Waals surface area contributed by atoms with E-state index in [4.69, 9.17) is 4.74 Å². The molecule has 0 spiro atoms. The average molecular weight is 371 g/mol. The minimum atomic E-state index is -0.211. The van der Waals surface area contributed by atoms with E-state index in [0.717, 1.165) is 16.9 Å². The Balaban J connectivity index is 1.67. The first-order valence-corrected chi connectivity index (χ1v) is 9.26. The van der Waals surface area contributed by atoms with Crippen molar-refractivity contribution < 1.29 is 9.53 Å². The number of carbonyl (C=O) groups excluding carboxylic acids is 1. The van der Waals surface area contributed by atoms with Gasteiger partial charge in [-0.1, -0.05) is 37.3 Å². The normalized spacial score (nSPS) is 10.8. The van der Waals surface area contributed by atoms with Gasteiger partial charge in [-0.25, -0.2) is 4.98 Å². The number of imidazole rings is 1. The number of hydrogen-bond donors (Lipinski definition) is 1. The van der Waals surface area contributed by atoms with Gasteiger partial charge in [-0.2, -0.15) is 0 Å². The molecule has 0 saturated carbocycles. The Bertz CT molecular complexity index is 1130. The zero-order valence-electron chi connectivity index (χ0n) is 15.8. The van der Waals surface area contributed by atoms with Crippen LogP contribution in [0.2, 0.25) is 0 Å². The average Bonchev–Trinajstić information content (AvgIpc) is 3.08. The van der Waals surface area contributed by atoms with E-state index < -0.39 is 0 Å². The summed E-state index contributed by atoms with van der Waals surface area (Å²) in [4.78, 5) is 17.7. The van der Waals surface area contributed by atoms with Crippen molar-refractivity contribution in [3.63, 3.8) is 0 Å². The molecule has 140 valence electrons. The molecule has 4 aromatic rings. The van der Waals surface area contributed by atoms with E-state index in [1.807, 2.05) is 91.2 Å². The van der Waals surface area contributed by atoms with Crippen LogP contribution in [0.25, 0.3) is 5.65 Å². The summed E-state index contributed by atoms with van der Waals surface area (Å²) in [5.74, 6) is 1.09. The van der Waals surface area contributed by atoms with Gasteiger partial charge in [0.05, 0.1) is 11.4 Å². The molecule has 5 nitrogen and oxygen atoms in total. The number of nitrogens with one attached hydrogen (secondary N) is 1. The molecule has 4 rings (SSSR count). The number of ether oxygens (including phenoxy) is 1. The van der Waals surface area contributed by atoms with E-state index >= 15 is 0 Å². The van der Waals surface area contributed by atoms with Gasteiger partial charge in [0, 0.05) is 6.20 Å². The van der Waals surface area contributed by atoms with Crippen LogP contribution in [0, 0.1) is 6.92 Å². The minimum absolute atomic E-state index is 0.211. The lowest BCUT2D eigenvalue weighted by molar-refractivity contribution is 0.102. The predicted octanol–water partition coefficient (Wildman–Crippen LogP) is 5.25. The number of aromatic nitrogens is 2. The molecule has 2 aromatic heterocycles. The molecule has 0 saturated heterocycles. The Morgan fingerprint density at radius 3 is 2.61 bits per heavy atom. The van der Waals surface area contributed by atoms with Crippen LogP contribution in [0.1, 0.15) is 28.7 Å². The van der Waals surface area contributed by atoms with Gasteiger partial charge in [-0.15, -0.1) is 0 Å². The van der Waals surface area contributed by atoms with E-state index in [2.05, 4.69) is 10.3 Å². The fourth-order valence-electron chi connectivity index (χ4n) is 3.14. The summed E-state index contributed by atoms with van der Waals surface area (Å²) in [6.07, 6.45) is 2.56. The van der Waals surface area contributed by atoms with Gasteiger partial charge in [0.25, 0.3) is 5.91 Å². The van der Waals surface area contributed by atoms with Crippen LogP contribution in [-0.4, -0.2) is 15.3 Å². The molecular formula is C23H21N3O2. The summed E-state index contributed by atoms with van der Waals surface area (Å²) in [7, 11) is 0. The summed E-state index contributed by atoms with van der Waals surface area (Å²) in [5, 5.41) is 2.99. The van der Waals surface area contributed by atoms with Crippen molar-refractivity contribution in [3.8, 4) is 11.5 Å². The zero-order chi connectivity index (χ0) is 19.5. The van der Waals surface area contributed by atoms with E-state index in [0.29, 0.717) is 29.3 Å². The molecule has 28 heavy (non-hydrogen) atoms. The van der Waals surface area contributed by atoms with Crippen LogP contribution in [0.3, 0.4) is 0 Å². The Labute approximate surface area is 163 Å². The topological polar surface area (TPSA) is 55.6 Å². The molecule has 2 heterocycles. The first kappa shape index (κ1) is 17.8. The van der Waals surface area contributed by atoms with Gasteiger partial charge in [0.15, 0.2) is 5.75 Å². The second kappa shape index (κ2) is 7.56. The highest BCUT2D eigenvalue weighted by molar-refractivity contribution is 6.05. The number of nitrogens with zero attached hydrogens (tertiary/aromatic N) is 2. The fourth-order valence-corrected chi connectivity index (χ4v) is 3.14. The Morgan fingerprint density at radius 2 is 1.82 bits per heavy atom. The number of benzene rings is 2. The fraction of sp³-hybridized carbons (Fsp3) is 0.130. The number of aryl methyl sites for hydroxylation is 2. The predicted molar refractivity (Wildman–Crippen MR) is 110 cm³/mol. The summed E-state index contributed by atoms with van der Waals surface area (Å²) in [6, 6.07) is 20.8. The van der Waals surface area contributed by atoms with Crippen LogP contribution in [0.5, 0.6) is 11.5 Å². The second-order valence-corrected chi connectivity index (χ2v) is 6.56. The van der Waals surface area contributed by atoms with Crippen LogP contribution in [-0.2, 0) is 6.42 Å². The molecule has 0 aliphatic heterocycles. The third kappa shape index (κ3) is 3.47. The van der Waals surface area contributed by atoms with E-state index in [-0.39, 0.29) is 5.91 Å². The summed E-state index contributed by atoms with van der Waals surface area (Å²) >= 11 is 0. The lowest BCUT2D eigenvalue weighted by Crippen LogP contribution is -2.16. The third-order valence-electron chi connectivity index (χ3n) is 4.51. The van der Waals surface area contributed by atoms with E-state index in [1.165, 1.54) is 0 Å². The van der Waals surface area contributed by atoms with Gasteiger partial charge < -0.3 is 10.1 Å². The molecule has 0 radical (unpaired) electrons. The molecule has 5 heteroatoms. The number of amides is 1. The number of fused-ring (bicyclic) bond motifs is 1. The lowest BCUT2D eigenvalue weighted by atomic mass is 10.2. The number of pyridine rings is 1. The minimum Gasteiger partial charge on any atom is -0.455 e. The van der Waals surface area contributed by atoms with Gasteiger partial charge in [-0.3, -0.25) is 9.20 Å². The number of hydrogen-bond acceptors (Lipinski definition) is 3. The maximum atomic E-state index is 13.1. The lowest BCUT2D eigenvalue weighted by Gasteiger charge is -2.12. The first-order valence-electron chi connectivity index (χ1n) is 9.26. The molecule has 0 aliphatic carbocycles. The molecule has 0 unspecified atom stereocenters. The largest absolute Gasteiger partial charge is 0.455 e. The van der Waals surface area contributed by atoms with Gasteiger partial charge >= 0.3 is 0 Å². The number of carbonyl (C=O) groups is 1. The van der Waals surface area contributed by atoms with Gasteiger partial charge in [0.2, 0.25) is 0 Å². The number of anilines is 1. The van der Waals surface area contributed by atoms with Gasteiger partial charge in [-0.05, 0) is 55.3 Å². The van der Waals surface area contributed by atoms with Crippen molar-refractivity contribution >= 4 is 17.2 Å². The molecule has 1 amide bonds. The number of rotatable bonds is 5.